The van der Waals surface area contributed by atoms with Crippen LogP contribution in [-0.4, -0.2) is 20.2 Å². The zero-order valence-corrected chi connectivity index (χ0v) is 15.0. The van der Waals surface area contributed by atoms with Crippen LogP contribution in [0.4, 0.5) is 0 Å². The van der Waals surface area contributed by atoms with Crippen molar-refractivity contribution in [3.05, 3.63) is 40.2 Å². The lowest BCUT2D eigenvalue weighted by Crippen LogP contribution is -1.88. The molecule has 0 unspecified atom stereocenters. The van der Waals surface area contributed by atoms with E-state index < -0.39 is 0 Å². The molecule has 4 aromatic heterocycles. The van der Waals surface area contributed by atoms with Gasteiger partial charge in [-0.05, 0) is 36.3 Å². The summed E-state index contributed by atoms with van der Waals surface area (Å²) >= 11 is 5.06. The first kappa shape index (κ1) is 14.6. The van der Waals surface area contributed by atoms with Crippen molar-refractivity contribution >= 4 is 44.7 Å². The van der Waals surface area contributed by atoms with Gasteiger partial charge in [-0.2, -0.15) is 0 Å². The second kappa shape index (κ2) is 5.94. The summed E-state index contributed by atoms with van der Waals surface area (Å²) in [5, 5.41) is 12.5. The van der Waals surface area contributed by atoms with E-state index in [-0.39, 0.29) is 0 Å². The first-order chi connectivity index (χ1) is 11.9. The van der Waals surface area contributed by atoms with Gasteiger partial charge < -0.3 is 4.42 Å². The third kappa shape index (κ3) is 2.45. The van der Waals surface area contributed by atoms with Crippen LogP contribution >= 0.6 is 34.4 Å². The number of thioether (sulfide) groups is 1. The van der Waals surface area contributed by atoms with Crippen LogP contribution < -0.4 is 0 Å². The van der Waals surface area contributed by atoms with Gasteiger partial charge in [0.2, 0.25) is 5.89 Å². The average Bonchev–Trinajstić information content (AvgIpc) is 3.34. The molecule has 5 rings (SSSR count). The van der Waals surface area contributed by atoms with Crippen molar-refractivity contribution in [1.29, 1.82) is 0 Å². The van der Waals surface area contributed by atoms with Gasteiger partial charge in [0, 0.05) is 10.3 Å². The molecule has 0 fully saturated rings. The molecule has 0 saturated heterocycles. The quantitative estimate of drug-likeness (QED) is 0.386. The lowest BCUT2D eigenvalue weighted by molar-refractivity contribution is 0.529. The van der Waals surface area contributed by atoms with Crippen LogP contribution in [0, 0.1) is 0 Å². The molecule has 4 aromatic rings. The molecule has 0 radical (unpaired) electrons. The number of thiophene rings is 2. The second-order valence-corrected chi connectivity index (χ2v) is 8.48. The Balaban J connectivity index is 1.42. The van der Waals surface area contributed by atoms with Crippen molar-refractivity contribution in [1.82, 2.24) is 20.2 Å². The number of rotatable bonds is 4. The Morgan fingerprint density at radius 1 is 1.21 bits per heavy atom. The van der Waals surface area contributed by atoms with Gasteiger partial charge in [0.1, 0.15) is 16.2 Å². The van der Waals surface area contributed by atoms with Gasteiger partial charge in [-0.1, -0.05) is 17.8 Å². The lowest BCUT2D eigenvalue weighted by Gasteiger charge is -2.01. The summed E-state index contributed by atoms with van der Waals surface area (Å²) in [7, 11) is 0. The largest absolute Gasteiger partial charge is 0.419 e. The van der Waals surface area contributed by atoms with Gasteiger partial charge in [0.05, 0.1) is 10.6 Å². The predicted molar refractivity (Wildman–Crippen MR) is 96.6 cm³/mol. The first-order valence-corrected chi connectivity index (χ1v) is 10.3. The predicted octanol–water partition coefficient (Wildman–Crippen LogP) is 4.58. The Morgan fingerprint density at radius 3 is 3.12 bits per heavy atom. The molecular formula is C16H12N4OS3. The normalized spacial score (nSPS) is 13.7. The van der Waals surface area contributed by atoms with Crippen LogP contribution in [-0.2, 0) is 18.6 Å². The third-order valence-corrected chi connectivity index (χ3v) is 7.03. The molecular weight excluding hydrogens is 360 g/mol. The molecule has 24 heavy (non-hydrogen) atoms. The highest BCUT2D eigenvalue weighted by atomic mass is 32.2. The molecule has 4 heterocycles. The van der Waals surface area contributed by atoms with Crippen LogP contribution in [0.3, 0.4) is 0 Å². The summed E-state index contributed by atoms with van der Waals surface area (Å²) in [5.74, 6) is 1.83. The number of fused-ring (bicyclic) bond motifs is 3. The Kier molecular flexibility index (Phi) is 3.61. The molecule has 1 aliphatic rings. The molecule has 120 valence electrons. The monoisotopic (exact) mass is 372 g/mol. The topological polar surface area (TPSA) is 64.7 Å². The number of aryl methyl sites for hydroxylation is 2. The van der Waals surface area contributed by atoms with E-state index in [0.717, 1.165) is 21.2 Å². The Bertz CT molecular complexity index is 1010. The van der Waals surface area contributed by atoms with E-state index in [1.165, 1.54) is 28.7 Å². The smallest absolute Gasteiger partial charge is 0.257 e. The molecule has 1 aliphatic carbocycles. The van der Waals surface area contributed by atoms with Crippen molar-refractivity contribution in [3.63, 3.8) is 0 Å². The maximum atomic E-state index is 5.76. The summed E-state index contributed by atoms with van der Waals surface area (Å²) in [5.41, 5.74) is 1.45. The zero-order valence-electron chi connectivity index (χ0n) is 12.6. The molecule has 5 nitrogen and oxygen atoms in total. The minimum atomic E-state index is 0.588. The van der Waals surface area contributed by atoms with Crippen LogP contribution in [0.1, 0.15) is 22.8 Å². The Labute approximate surface area is 150 Å². The molecule has 0 aromatic carbocycles. The van der Waals surface area contributed by atoms with Crippen LogP contribution in [0.15, 0.2) is 33.3 Å². The van der Waals surface area contributed by atoms with Crippen LogP contribution in [0.2, 0.25) is 0 Å². The van der Waals surface area contributed by atoms with Gasteiger partial charge in [0.15, 0.2) is 0 Å². The molecule has 0 atom stereocenters. The van der Waals surface area contributed by atoms with Crippen molar-refractivity contribution in [3.8, 4) is 10.8 Å². The highest BCUT2D eigenvalue weighted by molar-refractivity contribution is 7.98. The summed E-state index contributed by atoms with van der Waals surface area (Å²) in [6, 6.07) is 3.96. The SMILES string of the molecule is c1csc(-c2nnc(CSc3ncnc4sc5c(c34)CCC5)o2)c1. The fraction of sp³-hybridized carbons (Fsp3) is 0.250. The maximum Gasteiger partial charge on any atom is 0.257 e. The fourth-order valence-corrected chi connectivity index (χ4v) is 5.75. The molecule has 0 bridgehead atoms. The van der Waals surface area contributed by atoms with Gasteiger partial charge in [-0.3, -0.25) is 0 Å². The van der Waals surface area contributed by atoms with Gasteiger partial charge in [-0.15, -0.1) is 32.9 Å². The van der Waals surface area contributed by atoms with E-state index in [2.05, 4.69) is 20.2 Å². The molecule has 0 saturated carbocycles. The van der Waals surface area contributed by atoms with Crippen molar-refractivity contribution in [2.75, 3.05) is 0 Å². The van der Waals surface area contributed by atoms with E-state index >= 15 is 0 Å². The van der Waals surface area contributed by atoms with Crippen molar-refractivity contribution in [2.45, 2.75) is 30.0 Å². The second-order valence-electron chi connectivity index (χ2n) is 5.48. The number of hydrogen-bond acceptors (Lipinski definition) is 8. The van der Waals surface area contributed by atoms with E-state index in [0.29, 0.717) is 17.5 Å². The molecule has 0 N–H and O–H groups in total. The van der Waals surface area contributed by atoms with Crippen molar-refractivity contribution in [2.24, 2.45) is 0 Å². The van der Waals surface area contributed by atoms with E-state index in [4.69, 9.17) is 4.42 Å². The summed E-state index contributed by atoms with van der Waals surface area (Å²) < 4.78 is 5.76. The maximum absolute atomic E-state index is 5.76. The minimum absolute atomic E-state index is 0.588. The van der Waals surface area contributed by atoms with E-state index in [9.17, 15) is 0 Å². The summed E-state index contributed by atoms with van der Waals surface area (Å²) in [6.45, 7) is 0. The van der Waals surface area contributed by atoms with Gasteiger partial charge in [-0.25, -0.2) is 9.97 Å². The molecule has 0 amide bonds. The lowest BCUT2D eigenvalue weighted by atomic mass is 10.2. The Hall–Kier alpha value is -1.77. The van der Waals surface area contributed by atoms with E-state index in [1.54, 1.807) is 29.4 Å². The highest BCUT2D eigenvalue weighted by Gasteiger charge is 2.21. The standard InChI is InChI=1S/C16H12N4OS3/c1-3-9-10(4-1)24-16-13(9)15(17-8-18-16)23-7-12-19-20-14(21-12)11-5-2-6-22-11/h2,5-6,8H,1,3-4,7H2. The van der Waals surface area contributed by atoms with Crippen LogP contribution in [0.5, 0.6) is 0 Å². The molecule has 0 aliphatic heterocycles. The van der Waals surface area contributed by atoms with Gasteiger partial charge in [0.25, 0.3) is 5.89 Å². The molecule has 8 heteroatoms. The highest BCUT2D eigenvalue weighted by Crippen LogP contribution is 2.40. The third-order valence-electron chi connectivity index (χ3n) is 4.00. The van der Waals surface area contributed by atoms with Crippen molar-refractivity contribution < 1.29 is 4.42 Å². The number of aromatic nitrogens is 4. The van der Waals surface area contributed by atoms with Gasteiger partial charge >= 0.3 is 0 Å². The Morgan fingerprint density at radius 2 is 2.21 bits per heavy atom. The summed E-state index contributed by atoms with van der Waals surface area (Å²) in [4.78, 5) is 12.5. The van der Waals surface area contributed by atoms with E-state index in [1.807, 2.05) is 28.8 Å². The number of hydrogen-bond donors (Lipinski definition) is 0. The average molecular weight is 373 g/mol. The minimum Gasteiger partial charge on any atom is -0.419 e. The fourth-order valence-electron chi connectivity index (χ4n) is 2.95. The van der Waals surface area contributed by atoms with Crippen LogP contribution in [0.25, 0.3) is 21.0 Å². The number of nitrogens with zero attached hydrogens (tertiary/aromatic N) is 4. The zero-order chi connectivity index (χ0) is 15.9. The first-order valence-electron chi connectivity index (χ1n) is 7.63. The summed E-state index contributed by atoms with van der Waals surface area (Å²) in [6.07, 6.45) is 5.21. The molecule has 0 spiro atoms.